The van der Waals surface area contributed by atoms with Crippen molar-refractivity contribution >= 4 is 0 Å². The number of piperidine rings is 1. The van der Waals surface area contributed by atoms with Crippen molar-refractivity contribution in [1.29, 1.82) is 0 Å². The SMILES string of the molecule is CN1CCC(O)(C2=COCCC2)CC1. The lowest BCUT2D eigenvalue weighted by molar-refractivity contribution is 0.00652. The molecule has 0 bridgehead atoms. The van der Waals surface area contributed by atoms with Crippen LogP contribution < -0.4 is 0 Å². The molecule has 0 aromatic heterocycles. The number of aliphatic hydroxyl groups is 1. The maximum atomic E-state index is 10.4. The maximum Gasteiger partial charge on any atom is 0.0913 e. The van der Waals surface area contributed by atoms with Crippen molar-refractivity contribution in [2.45, 2.75) is 31.3 Å². The Labute approximate surface area is 85.4 Å². The van der Waals surface area contributed by atoms with Crippen molar-refractivity contribution in [3.8, 4) is 0 Å². The zero-order valence-electron chi connectivity index (χ0n) is 8.83. The van der Waals surface area contributed by atoms with E-state index in [0.717, 1.165) is 51.0 Å². The number of likely N-dealkylation sites (tertiary alicyclic amines) is 1. The lowest BCUT2D eigenvalue weighted by Gasteiger charge is -2.39. The van der Waals surface area contributed by atoms with Gasteiger partial charge in [-0.1, -0.05) is 0 Å². The van der Waals surface area contributed by atoms with Crippen molar-refractivity contribution in [2.75, 3.05) is 26.7 Å². The van der Waals surface area contributed by atoms with E-state index >= 15 is 0 Å². The summed E-state index contributed by atoms with van der Waals surface area (Å²) in [5.74, 6) is 0. The van der Waals surface area contributed by atoms with Gasteiger partial charge in [0, 0.05) is 13.1 Å². The van der Waals surface area contributed by atoms with E-state index in [1.165, 1.54) is 0 Å². The van der Waals surface area contributed by atoms with Crippen LogP contribution in [0, 0.1) is 0 Å². The highest BCUT2D eigenvalue weighted by molar-refractivity contribution is 5.17. The van der Waals surface area contributed by atoms with Crippen LogP contribution >= 0.6 is 0 Å². The molecule has 0 spiro atoms. The van der Waals surface area contributed by atoms with Gasteiger partial charge >= 0.3 is 0 Å². The minimum atomic E-state index is -0.576. The first-order valence-corrected chi connectivity index (χ1v) is 5.43. The third kappa shape index (κ3) is 1.93. The van der Waals surface area contributed by atoms with Crippen LogP contribution in [0.3, 0.4) is 0 Å². The average Bonchev–Trinajstić information content (AvgIpc) is 2.24. The monoisotopic (exact) mass is 197 g/mol. The topological polar surface area (TPSA) is 32.7 Å². The fourth-order valence-electron chi connectivity index (χ4n) is 2.22. The van der Waals surface area contributed by atoms with Crippen molar-refractivity contribution in [3.63, 3.8) is 0 Å². The van der Waals surface area contributed by atoms with E-state index in [4.69, 9.17) is 4.74 Å². The molecule has 1 N–H and O–H groups in total. The van der Waals surface area contributed by atoms with E-state index in [2.05, 4.69) is 11.9 Å². The van der Waals surface area contributed by atoms with Gasteiger partial charge in [0.25, 0.3) is 0 Å². The Balaban J connectivity index is 2.04. The summed E-state index contributed by atoms with van der Waals surface area (Å²) in [4.78, 5) is 2.26. The largest absolute Gasteiger partial charge is 0.501 e. The highest BCUT2D eigenvalue weighted by atomic mass is 16.5. The van der Waals surface area contributed by atoms with Crippen LogP contribution in [0.4, 0.5) is 0 Å². The molecule has 14 heavy (non-hydrogen) atoms. The molecule has 0 amide bonds. The molecule has 0 saturated carbocycles. The minimum Gasteiger partial charge on any atom is -0.501 e. The molecular weight excluding hydrogens is 178 g/mol. The molecular formula is C11H19NO2. The minimum absolute atomic E-state index is 0.576. The summed E-state index contributed by atoms with van der Waals surface area (Å²) >= 11 is 0. The predicted octanol–water partition coefficient (Wildman–Crippen LogP) is 1.14. The Morgan fingerprint density at radius 3 is 2.71 bits per heavy atom. The van der Waals surface area contributed by atoms with E-state index in [0.29, 0.717) is 0 Å². The van der Waals surface area contributed by atoms with Crippen molar-refractivity contribution < 1.29 is 9.84 Å². The zero-order chi connectivity index (χ0) is 10.0. The molecule has 0 radical (unpaired) electrons. The standard InChI is InChI=1S/C11H19NO2/c1-12-6-4-11(13,5-7-12)10-3-2-8-14-9-10/h9,13H,2-8H2,1H3. The number of rotatable bonds is 1. The molecule has 0 aliphatic carbocycles. The van der Waals surface area contributed by atoms with Gasteiger partial charge in [0.2, 0.25) is 0 Å². The van der Waals surface area contributed by atoms with Crippen LogP contribution in [0.25, 0.3) is 0 Å². The summed E-state index contributed by atoms with van der Waals surface area (Å²) in [6.07, 6.45) is 5.52. The quantitative estimate of drug-likeness (QED) is 0.684. The molecule has 2 heterocycles. The molecule has 0 unspecified atom stereocenters. The van der Waals surface area contributed by atoms with Gasteiger partial charge in [-0.25, -0.2) is 0 Å². The molecule has 2 aliphatic rings. The van der Waals surface area contributed by atoms with Crippen molar-refractivity contribution in [3.05, 3.63) is 11.8 Å². The molecule has 1 saturated heterocycles. The second-order valence-corrected chi connectivity index (χ2v) is 4.45. The van der Waals surface area contributed by atoms with Crippen LogP contribution in [-0.2, 0) is 4.74 Å². The summed E-state index contributed by atoms with van der Waals surface area (Å²) in [5.41, 5.74) is 0.532. The first-order valence-electron chi connectivity index (χ1n) is 5.43. The Kier molecular flexibility index (Phi) is 2.79. The van der Waals surface area contributed by atoms with E-state index in [9.17, 15) is 5.11 Å². The number of nitrogens with zero attached hydrogens (tertiary/aromatic N) is 1. The second kappa shape index (κ2) is 3.91. The van der Waals surface area contributed by atoms with Gasteiger partial charge in [-0.15, -0.1) is 0 Å². The fourth-order valence-corrected chi connectivity index (χ4v) is 2.22. The molecule has 1 fully saturated rings. The summed E-state index contributed by atoms with van der Waals surface area (Å²) < 4.78 is 5.29. The molecule has 80 valence electrons. The van der Waals surface area contributed by atoms with Crippen LogP contribution in [0.5, 0.6) is 0 Å². The normalized spacial score (nSPS) is 28.0. The molecule has 0 atom stereocenters. The van der Waals surface area contributed by atoms with Gasteiger partial charge in [-0.2, -0.15) is 0 Å². The Hall–Kier alpha value is -0.540. The van der Waals surface area contributed by atoms with Crippen molar-refractivity contribution in [1.82, 2.24) is 4.90 Å². The van der Waals surface area contributed by atoms with E-state index < -0.39 is 5.60 Å². The summed E-state index contributed by atoms with van der Waals surface area (Å²) in [5, 5.41) is 10.4. The van der Waals surface area contributed by atoms with Gasteiger partial charge in [0.1, 0.15) is 0 Å². The Morgan fingerprint density at radius 2 is 2.14 bits per heavy atom. The molecule has 2 rings (SSSR count). The third-order valence-corrected chi connectivity index (χ3v) is 3.35. The smallest absolute Gasteiger partial charge is 0.0913 e. The van der Waals surface area contributed by atoms with E-state index in [1.807, 2.05) is 0 Å². The molecule has 2 aliphatic heterocycles. The van der Waals surface area contributed by atoms with Gasteiger partial charge < -0.3 is 14.7 Å². The average molecular weight is 197 g/mol. The highest BCUT2D eigenvalue weighted by Crippen LogP contribution is 2.33. The van der Waals surface area contributed by atoms with E-state index in [1.54, 1.807) is 6.26 Å². The number of hydrogen-bond acceptors (Lipinski definition) is 3. The van der Waals surface area contributed by atoms with E-state index in [-0.39, 0.29) is 0 Å². The Morgan fingerprint density at radius 1 is 1.43 bits per heavy atom. The van der Waals surface area contributed by atoms with Crippen LogP contribution in [0.2, 0.25) is 0 Å². The zero-order valence-corrected chi connectivity index (χ0v) is 8.83. The van der Waals surface area contributed by atoms with Crippen molar-refractivity contribution in [2.24, 2.45) is 0 Å². The second-order valence-electron chi connectivity index (χ2n) is 4.45. The van der Waals surface area contributed by atoms with Gasteiger partial charge in [0.05, 0.1) is 18.5 Å². The lowest BCUT2D eigenvalue weighted by atomic mass is 9.82. The van der Waals surface area contributed by atoms with Gasteiger partial charge in [0.15, 0.2) is 0 Å². The number of hydrogen-bond donors (Lipinski definition) is 1. The molecule has 3 nitrogen and oxygen atoms in total. The van der Waals surface area contributed by atoms with Crippen LogP contribution in [0.15, 0.2) is 11.8 Å². The third-order valence-electron chi connectivity index (χ3n) is 3.35. The predicted molar refractivity (Wildman–Crippen MR) is 54.9 cm³/mol. The van der Waals surface area contributed by atoms with Gasteiger partial charge in [-0.05, 0) is 38.3 Å². The molecule has 3 heteroatoms. The summed E-state index contributed by atoms with van der Waals surface area (Å²) in [6.45, 7) is 2.77. The van der Waals surface area contributed by atoms with Crippen LogP contribution in [0.1, 0.15) is 25.7 Å². The Bertz CT molecular complexity index is 229. The fraction of sp³-hybridized carbons (Fsp3) is 0.818. The number of ether oxygens (including phenoxy) is 1. The van der Waals surface area contributed by atoms with Gasteiger partial charge in [-0.3, -0.25) is 0 Å². The summed E-state index contributed by atoms with van der Waals surface area (Å²) in [7, 11) is 2.10. The maximum absolute atomic E-state index is 10.4. The lowest BCUT2D eigenvalue weighted by Crippen LogP contribution is -2.44. The summed E-state index contributed by atoms with van der Waals surface area (Å²) in [6, 6.07) is 0. The molecule has 0 aromatic carbocycles. The molecule has 0 aromatic rings. The first-order chi connectivity index (χ1) is 6.71. The highest BCUT2D eigenvalue weighted by Gasteiger charge is 2.35. The van der Waals surface area contributed by atoms with Crippen LogP contribution in [-0.4, -0.2) is 42.4 Å². The first kappa shape index (κ1) is 9.99.